The highest BCUT2D eigenvalue weighted by atomic mass is 16.5. The van der Waals surface area contributed by atoms with Gasteiger partial charge >= 0.3 is 11.8 Å². The van der Waals surface area contributed by atoms with Crippen molar-refractivity contribution in [2.75, 3.05) is 20.3 Å². The summed E-state index contributed by atoms with van der Waals surface area (Å²) < 4.78 is 4.77. The number of rotatable bonds is 5. The molecule has 16 heavy (non-hydrogen) atoms. The number of ether oxygens (including phenoxy) is 1. The van der Waals surface area contributed by atoms with Crippen LogP contribution in [0, 0.1) is 0 Å². The second-order valence-corrected chi connectivity index (χ2v) is 4.36. The van der Waals surface area contributed by atoms with Gasteiger partial charge in [0.05, 0.1) is 6.61 Å². The summed E-state index contributed by atoms with van der Waals surface area (Å²) in [7, 11) is 1.45. The SMILES string of the molecule is COC[C@@](C)(O)CNC(=O)C(=O)NC1CC1. The van der Waals surface area contributed by atoms with Crippen molar-refractivity contribution in [2.24, 2.45) is 0 Å². The van der Waals surface area contributed by atoms with E-state index >= 15 is 0 Å². The second-order valence-electron chi connectivity index (χ2n) is 4.36. The van der Waals surface area contributed by atoms with Crippen molar-refractivity contribution >= 4 is 11.8 Å². The highest BCUT2D eigenvalue weighted by Gasteiger charge is 2.28. The molecule has 0 aliphatic heterocycles. The fraction of sp³-hybridized carbons (Fsp3) is 0.800. The Labute approximate surface area is 94.3 Å². The fourth-order valence-electron chi connectivity index (χ4n) is 1.19. The molecule has 0 radical (unpaired) electrons. The van der Waals surface area contributed by atoms with Crippen LogP contribution in [-0.2, 0) is 14.3 Å². The van der Waals surface area contributed by atoms with E-state index in [0.29, 0.717) is 0 Å². The maximum atomic E-state index is 11.3. The molecule has 3 N–H and O–H groups in total. The van der Waals surface area contributed by atoms with Crippen LogP contribution >= 0.6 is 0 Å². The third kappa shape index (κ3) is 4.59. The minimum atomic E-state index is -1.16. The van der Waals surface area contributed by atoms with Gasteiger partial charge in [-0.3, -0.25) is 9.59 Å². The van der Waals surface area contributed by atoms with Crippen molar-refractivity contribution in [1.29, 1.82) is 0 Å². The number of carbonyl (C=O) groups excluding carboxylic acids is 2. The maximum absolute atomic E-state index is 11.3. The van der Waals surface area contributed by atoms with Gasteiger partial charge in [-0.1, -0.05) is 0 Å². The van der Waals surface area contributed by atoms with Crippen LogP contribution in [0.3, 0.4) is 0 Å². The van der Waals surface area contributed by atoms with Crippen LogP contribution in [-0.4, -0.2) is 48.8 Å². The Morgan fingerprint density at radius 1 is 1.44 bits per heavy atom. The van der Waals surface area contributed by atoms with E-state index in [1.807, 2.05) is 0 Å². The molecule has 0 saturated heterocycles. The normalized spacial score (nSPS) is 18.7. The summed E-state index contributed by atoms with van der Waals surface area (Å²) in [5.41, 5.74) is -1.16. The van der Waals surface area contributed by atoms with Gasteiger partial charge in [0, 0.05) is 19.7 Å². The molecule has 6 heteroatoms. The van der Waals surface area contributed by atoms with E-state index in [9.17, 15) is 14.7 Å². The predicted molar refractivity (Wildman–Crippen MR) is 56.7 cm³/mol. The molecule has 0 unspecified atom stereocenters. The highest BCUT2D eigenvalue weighted by Crippen LogP contribution is 2.18. The summed E-state index contributed by atoms with van der Waals surface area (Å²) in [4.78, 5) is 22.5. The lowest BCUT2D eigenvalue weighted by molar-refractivity contribution is -0.140. The number of hydrogen-bond donors (Lipinski definition) is 3. The average molecular weight is 230 g/mol. The van der Waals surface area contributed by atoms with Crippen LogP contribution in [0.4, 0.5) is 0 Å². The van der Waals surface area contributed by atoms with Gasteiger partial charge < -0.3 is 20.5 Å². The largest absolute Gasteiger partial charge is 0.386 e. The van der Waals surface area contributed by atoms with Crippen LogP contribution in [0.15, 0.2) is 0 Å². The van der Waals surface area contributed by atoms with Crippen LogP contribution < -0.4 is 10.6 Å². The van der Waals surface area contributed by atoms with Gasteiger partial charge in [-0.15, -0.1) is 0 Å². The van der Waals surface area contributed by atoms with E-state index in [4.69, 9.17) is 4.74 Å². The van der Waals surface area contributed by atoms with Crippen molar-refractivity contribution < 1.29 is 19.4 Å². The minimum absolute atomic E-state index is 0.0161. The molecule has 92 valence electrons. The first kappa shape index (κ1) is 12.9. The van der Waals surface area contributed by atoms with Gasteiger partial charge in [0.25, 0.3) is 0 Å². The van der Waals surface area contributed by atoms with E-state index in [1.54, 1.807) is 0 Å². The first-order valence-electron chi connectivity index (χ1n) is 5.24. The van der Waals surface area contributed by atoms with Crippen molar-refractivity contribution in [1.82, 2.24) is 10.6 Å². The van der Waals surface area contributed by atoms with Crippen molar-refractivity contribution in [2.45, 2.75) is 31.4 Å². The average Bonchev–Trinajstić information content (AvgIpc) is 2.98. The quantitative estimate of drug-likeness (QED) is 0.516. The molecular formula is C10H18N2O4. The van der Waals surface area contributed by atoms with E-state index in [-0.39, 0.29) is 19.2 Å². The predicted octanol–water partition coefficient (Wildman–Crippen LogP) is -1.22. The molecular weight excluding hydrogens is 212 g/mol. The molecule has 1 saturated carbocycles. The smallest absolute Gasteiger partial charge is 0.309 e. The Bertz CT molecular complexity index is 274. The van der Waals surface area contributed by atoms with E-state index in [2.05, 4.69) is 10.6 Å². The van der Waals surface area contributed by atoms with Crippen molar-refractivity contribution in [3.05, 3.63) is 0 Å². The van der Waals surface area contributed by atoms with Crippen LogP contribution in [0.1, 0.15) is 19.8 Å². The maximum Gasteiger partial charge on any atom is 0.309 e. The Balaban J connectivity index is 2.24. The number of methoxy groups -OCH3 is 1. The van der Waals surface area contributed by atoms with Crippen LogP contribution in [0.5, 0.6) is 0 Å². The molecule has 1 rings (SSSR count). The number of amides is 2. The summed E-state index contributed by atoms with van der Waals surface area (Å²) in [5, 5.41) is 14.6. The topological polar surface area (TPSA) is 87.7 Å². The first-order chi connectivity index (χ1) is 7.44. The van der Waals surface area contributed by atoms with Crippen LogP contribution in [0.2, 0.25) is 0 Å². The Kier molecular flexibility index (Phi) is 4.26. The molecule has 0 spiro atoms. The second kappa shape index (κ2) is 5.27. The van der Waals surface area contributed by atoms with Crippen LogP contribution in [0.25, 0.3) is 0 Å². The van der Waals surface area contributed by atoms with Gasteiger partial charge in [-0.05, 0) is 19.8 Å². The Hall–Kier alpha value is -1.14. The van der Waals surface area contributed by atoms with Gasteiger partial charge in [0.2, 0.25) is 0 Å². The molecule has 0 aromatic heterocycles. The Morgan fingerprint density at radius 3 is 2.56 bits per heavy atom. The highest BCUT2D eigenvalue weighted by molar-refractivity contribution is 6.35. The van der Waals surface area contributed by atoms with Gasteiger partial charge in [-0.2, -0.15) is 0 Å². The lowest BCUT2D eigenvalue weighted by atomic mass is 10.1. The van der Waals surface area contributed by atoms with E-state index < -0.39 is 17.4 Å². The Morgan fingerprint density at radius 2 is 2.06 bits per heavy atom. The molecule has 0 bridgehead atoms. The fourth-order valence-corrected chi connectivity index (χ4v) is 1.19. The summed E-state index contributed by atoms with van der Waals surface area (Å²) in [6.45, 7) is 1.60. The zero-order valence-corrected chi connectivity index (χ0v) is 9.58. The van der Waals surface area contributed by atoms with Gasteiger partial charge in [-0.25, -0.2) is 0 Å². The monoisotopic (exact) mass is 230 g/mol. The van der Waals surface area contributed by atoms with Crippen molar-refractivity contribution in [3.8, 4) is 0 Å². The standard InChI is InChI=1S/C10H18N2O4/c1-10(15,6-16-2)5-11-8(13)9(14)12-7-3-4-7/h7,15H,3-6H2,1-2H3,(H,11,13)(H,12,14)/t10-/m0/s1. The summed E-state index contributed by atoms with van der Waals surface area (Å²) in [6.07, 6.45) is 1.86. The third-order valence-electron chi connectivity index (χ3n) is 2.20. The van der Waals surface area contributed by atoms with Gasteiger partial charge in [0.15, 0.2) is 0 Å². The minimum Gasteiger partial charge on any atom is -0.386 e. The number of nitrogens with one attached hydrogen (secondary N) is 2. The zero-order chi connectivity index (χ0) is 12.2. The van der Waals surface area contributed by atoms with Crippen molar-refractivity contribution in [3.63, 3.8) is 0 Å². The molecule has 6 nitrogen and oxygen atoms in total. The molecule has 1 atom stereocenters. The molecule has 1 fully saturated rings. The zero-order valence-electron chi connectivity index (χ0n) is 9.58. The summed E-state index contributed by atoms with van der Waals surface area (Å²) >= 11 is 0. The molecule has 2 amide bonds. The van der Waals surface area contributed by atoms with E-state index in [0.717, 1.165) is 12.8 Å². The molecule has 0 aromatic carbocycles. The summed E-state index contributed by atoms with van der Waals surface area (Å²) in [6, 6.07) is 0.151. The third-order valence-corrected chi connectivity index (χ3v) is 2.20. The number of carbonyl (C=O) groups is 2. The first-order valence-corrected chi connectivity index (χ1v) is 5.24. The number of aliphatic hydroxyl groups is 1. The number of hydrogen-bond acceptors (Lipinski definition) is 4. The lowest BCUT2D eigenvalue weighted by Crippen LogP contribution is -2.48. The summed E-state index contributed by atoms with van der Waals surface area (Å²) in [5.74, 6) is -1.36. The van der Waals surface area contributed by atoms with Gasteiger partial charge in [0.1, 0.15) is 5.60 Å². The van der Waals surface area contributed by atoms with E-state index in [1.165, 1.54) is 14.0 Å². The lowest BCUT2D eigenvalue weighted by Gasteiger charge is -2.22. The molecule has 1 aliphatic rings. The molecule has 0 aromatic rings. The molecule has 1 aliphatic carbocycles. The molecule has 0 heterocycles.